The van der Waals surface area contributed by atoms with E-state index < -0.39 is 0 Å². The van der Waals surface area contributed by atoms with Gasteiger partial charge in [0.05, 0.1) is 6.04 Å². The standard InChI is InChI=1S/C15H17NO3/c1-2-11-4-6-13(19-11)15(16)10-3-5-12-14(9-10)18-8-7-17-12/h3-6,9,15H,2,7-8,16H2,1H3. The second kappa shape index (κ2) is 4.97. The fourth-order valence-electron chi connectivity index (χ4n) is 2.17. The molecule has 0 aliphatic carbocycles. The van der Waals surface area contributed by atoms with E-state index in [0.29, 0.717) is 13.2 Å². The van der Waals surface area contributed by atoms with E-state index in [-0.39, 0.29) is 6.04 Å². The number of hydrogen-bond donors (Lipinski definition) is 1. The van der Waals surface area contributed by atoms with E-state index in [1.807, 2.05) is 30.3 Å². The Kier molecular flexibility index (Phi) is 3.17. The minimum atomic E-state index is -0.281. The highest BCUT2D eigenvalue weighted by atomic mass is 16.6. The average Bonchev–Trinajstić information content (AvgIpc) is 2.95. The maximum atomic E-state index is 6.23. The molecule has 2 heterocycles. The van der Waals surface area contributed by atoms with Gasteiger partial charge in [-0.3, -0.25) is 0 Å². The Hall–Kier alpha value is -1.94. The Bertz CT molecular complexity index is 577. The molecule has 1 atom stereocenters. The van der Waals surface area contributed by atoms with Crippen LogP contribution in [0.15, 0.2) is 34.7 Å². The molecule has 0 spiro atoms. The normalized spacial score (nSPS) is 15.3. The predicted octanol–water partition coefficient (Wildman–Crippen LogP) is 2.66. The first-order chi connectivity index (χ1) is 9.28. The molecule has 4 heteroatoms. The summed E-state index contributed by atoms with van der Waals surface area (Å²) >= 11 is 0. The van der Waals surface area contributed by atoms with Gasteiger partial charge < -0.3 is 19.6 Å². The number of nitrogens with two attached hydrogens (primary N) is 1. The largest absolute Gasteiger partial charge is 0.486 e. The van der Waals surface area contributed by atoms with E-state index >= 15 is 0 Å². The average molecular weight is 259 g/mol. The summed E-state index contributed by atoms with van der Waals surface area (Å²) < 4.78 is 16.8. The Labute approximate surface area is 112 Å². The van der Waals surface area contributed by atoms with Crippen LogP contribution in [-0.4, -0.2) is 13.2 Å². The third kappa shape index (κ3) is 2.31. The van der Waals surface area contributed by atoms with Gasteiger partial charge in [-0.1, -0.05) is 13.0 Å². The minimum absolute atomic E-state index is 0.281. The van der Waals surface area contributed by atoms with Crippen molar-refractivity contribution in [3.05, 3.63) is 47.4 Å². The zero-order valence-corrected chi connectivity index (χ0v) is 10.9. The number of rotatable bonds is 3. The zero-order chi connectivity index (χ0) is 13.2. The molecule has 0 bridgehead atoms. The van der Waals surface area contributed by atoms with E-state index in [9.17, 15) is 0 Å². The van der Waals surface area contributed by atoms with E-state index in [1.165, 1.54) is 0 Å². The molecule has 0 amide bonds. The Morgan fingerprint density at radius 2 is 1.89 bits per heavy atom. The molecule has 100 valence electrons. The van der Waals surface area contributed by atoms with Crippen LogP contribution in [0.3, 0.4) is 0 Å². The molecule has 19 heavy (non-hydrogen) atoms. The first kappa shape index (κ1) is 12.1. The van der Waals surface area contributed by atoms with Crippen molar-refractivity contribution >= 4 is 0 Å². The Morgan fingerprint density at radius 1 is 1.11 bits per heavy atom. The first-order valence-electron chi connectivity index (χ1n) is 6.51. The topological polar surface area (TPSA) is 57.6 Å². The zero-order valence-electron chi connectivity index (χ0n) is 10.9. The second-order valence-corrected chi connectivity index (χ2v) is 4.54. The van der Waals surface area contributed by atoms with Crippen LogP contribution >= 0.6 is 0 Å². The van der Waals surface area contributed by atoms with Crippen molar-refractivity contribution in [2.24, 2.45) is 5.73 Å². The smallest absolute Gasteiger partial charge is 0.161 e. The number of benzene rings is 1. The summed E-state index contributed by atoms with van der Waals surface area (Å²) in [6.07, 6.45) is 0.869. The lowest BCUT2D eigenvalue weighted by Gasteiger charge is -2.20. The summed E-state index contributed by atoms with van der Waals surface area (Å²) in [4.78, 5) is 0. The minimum Gasteiger partial charge on any atom is -0.486 e. The maximum Gasteiger partial charge on any atom is 0.161 e. The molecular weight excluding hydrogens is 242 g/mol. The number of aryl methyl sites for hydroxylation is 1. The van der Waals surface area contributed by atoms with Crippen LogP contribution in [0.1, 0.15) is 30.0 Å². The molecule has 0 saturated heterocycles. The fraction of sp³-hybridized carbons (Fsp3) is 0.333. The molecule has 1 unspecified atom stereocenters. The monoisotopic (exact) mass is 259 g/mol. The molecule has 2 N–H and O–H groups in total. The molecular formula is C15H17NO3. The van der Waals surface area contributed by atoms with Crippen LogP contribution in [0, 0.1) is 0 Å². The number of ether oxygens (including phenoxy) is 2. The summed E-state index contributed by atoms with van der Waals surface area (Å²) in [5, 5.41) is 0. The van der Waals surface area contributed by atoms with Crippen LogP contribution in [0.2, 0.25) is 0 Å². The van der Waals surface area contributed by atoms with E-state index in [4.69, 9.17) is 19.6 Å². The highest BCUT2D eigenvalue weighted by Crippen LogP contribution is 2.33. The molecule has 1 aliphatic heterocycles. The lowest BCUT2D eigenvalue weighted by Crippen LogP contribution is -2.17. The molecule has 0 radical (unpaired) electrons. The van der Waals surface area contributed by atoms with E-state index in [1.54, 1.807) is 0 Å². The summed E-state index contributed by atoms with van der Waals surface area (Å²) in [7, 11) is 0. The molecule has 3 rings (SSSR count). The second-order valence-electron chi connectivity index (χ2n) is 4.54. The summed E-state index contributed by atoms with van der Waals surface area (Å²) in [5.74, 6) is 3.24. The maximum absolute atomic E-state index is 6.23. The van der Waals surface area contributed by atoms with Crippen LogP contribution < -0.4 is 15.2 Å². The molecule has 1 aliphatic rings. The first-order valence-corrected chi connectivity index (χ1v) is 6.51. The summed E-state index contributed by atoms with van der Waals surface area (Å²) in [6, 6.07) is 9.39. The predicted molar refractivity (Wildman–Crippen MR) is 71.5 cm³/mol. The van der Waals surface area contributed by atoms with Crippen LogP contribution in [0.4, 0.5) is 0 Å². The van der Waals surface area contributed by atoms with Crippen molar-refractivity contribution in [1.29, 1.82) is 0 Å². The quantitative estimate of drug-likeness (QED) is 0.920. The molecule has 4 nitrogen and oxygen atoms in total. The van der Waals surface area contributed by atoms with Crippen LogP contribution in [-0.2, 0) is 6.42 Å². The van der Waals surface area contributed by atoms with Gasteiger partial charge in [-0.2, -0.15) is 0 Å². The van der Waals surface area contributed by atoms with Crippen molar-refractivity contribution in [2.75, 3.05) is 13.2 Å². The van der Waals surface area contributed by atoms with Gasteiger partial charge in [0.25, 0.3) is 0 Å². The van der Waals surface area contributed by atoms with Gasteiger partial charge in [0.15, 0.2) is 11.5 Å². The SMILES string of the molecule is CCc1ccc(C(N)c2ccc3c(c2)OCCO3)o1. The van der Waals surface area contributed by atoms with Crippen molar-refractivity contribution in [1.82, 2.24) is 0 Å². The van der Waals surface area contributed by atoms with Gasteiger partial charge >= 0.3 is 0 Å². The van der Waals surface area contributed by atoms with Crippen molar-refractivity contribution in [3.8, 4) is 11.5 Å². The van der Waals surface area contributed by atoms with E-state index in [0.717, 1.165) is 35.0 Å². The number of hydrogen-bond acceptors (Lipinski definition) is 4. The van der Waals surface area contributed by atoms with Gasteiger partial charge in [0, 0.05) is 6.42 Å². The third-order valence-corrected chi connectivity index (χ3v) is 3.26. The van der Waals surface area contributed by atoms with E-state index in [2.05, 4.69) is 6.92 Å². The lowest BCUT2D eigenvalue weighted by atomic mass is 10.0. The van der Waals surface area contributed by atoms with Gasteiger partial charge in [-0.25, -0.2) is 0 Å². The molecule has 1 aromatic carbocycles. The molecule has 0 fully saturated rings. The number of furan rings is 1. The summed E-state index contributed by atoms with van der Waals surface area (Å²) in [6.45, 7) is 3.22. The highest BCUT2D eigenvalue weighted by molar-refractivity contribution is 5.45. The van der Waals surface area contributed by atoms with Crippen molar-refractivity contribution < 1.29 is 13.9 Å². The Balaban J connectivity index is 1.88. The van der Waals surface area contributed by atoms with Gasteiger partial charge in [0.1, 0.15) is 24.7 Å². The van der Waals surface area contributed by atoms with Gasteiger partial charge in [-0.05, 0) is 29.8 Å². The van der Waals surface area contributed by atoms with Crippen molar-refractivity contribution in [2.45, 2.75) is 19.4 Å². The summed E-state index contributed by atoms with van der Waals surface area (Å²) in [5.41, 5.74) is 7.19. The lowest BCUT2D eigenvalue weighted by molar-refractivity contribution is 0.171. The van der Waals surface area contributed by atoms with Crippen LogP contribution in [0.5, 0.6) is 11.5 Å². The van der Waals surface area contributed by atoms with Gasteiger partial charge in [-0.15, -0.1) is 0 Å². The molecule has 0 saturated carbocycles. The van der Waals surface area contributed by atoms with Crippen molar-refractivity contribution in [3.63, 3.8) is 0 Å². The Morgan fingerprint density at radius 3 is 2.63 bits per heavy atom. The van der Waals surface area contributed by atoms with Gasteiger partial charge in [0.2, 0.25) is 0 Å². The molecule has 1 aromatic heterocycles. The third-order valence-electron chi connectivity index (χ3n) is 3.26. The number of fused-ring (bicyclic) bond motifs is 1. The highest BCUT2D eigenvalue weighted by Gasteiger charge is 2.17. The fourth-order valence-corrected chi connectivity index (χ4v) is 2.17. The molecule has 2 aromatic rings. The van der Waals surface area contributed by atoms with Crippen LogP contribution in [0.25, 0.3) is 0 Å².